The number of hydrogen-bond donors (Lipinski definition) is 0. The van der Waals surface area contributed by atoms with Crippen molar-refractivity contribution in [3.05, 3.63) is 30.4 Å². The lowest BCUT2D eigenvalue weighted by Gasteiger charge is -2.24. The van der Waals surface area contributed by atoms with Crippen LogP contribution in [0.4, 0.5) is 0 Å². The second-order valence-corrected chi connectivity index (χ2v) is 6.60. The molecule has 8 nitrogen and oxygen atoms in total. The first-order valence-electron chi connectivity index (χ1n) is 8.47. The minimum atomic E-state index is 0.00691. The Kier molecular flexibility index (Phi) is 3.97. The molecule has 2 aliphatic heterocycles. The average molecular weight is 327 g/mol. The van der Waals surface area contributed by atoms with Crippen molar-refractivity contribution in [2.75, 3.05) is 19.6 Å². The van der Waals surface area contributed by atoms with Gasteiger partial charge in [-0.05, 0) is 61.8 Å². The summed E-state index contributed by atoms with van der Waals surface area (Å²) < 4.78 is 1.52. The Morgan fingerprint density at radius 1 is 1.25 bits per heavy atom. The standard InChI is InChI=1S/C16H21N7O/c1-12-8-14(21-6-2-3-7-21)10-22(12)16(24)15-5-4-13(9-17-15)23-11-18-19-20-23/h4-5,9,11-12,14H,2-3,6-8,10H2,1H3. The van der Waals surface area contributed by atoms with E-state index in [1.54, 1.807) is 12.3 Å². The van der Waals surface area contributed by atoms with Crippen LogP contribution in [0.15, 0.2) is 24.7 Å². The summed E-state index contributed by atoms with van der Waals surface area (Å²) in [4.78, 5) is 21.6. The number of carbonyl (C=O) groups is 1. The van der Waals surface area contributed by atoms with Gasteiger partial charge in [-0.15, -0.1) is 5.10 Å². The largest absolute Gasteiger partial charge is 0.333 e. The first-order valence-corrected chi connectivity index (χ1v) is 8.47. The predicted molar refractivity (Wildman–Crippen MR) is 86.7 cm³/mol. The quantitative estimate of drug-likeness (QED) is 0.828. The fourth-order valence-electron chi connectivity index (χ4n) is 3.73. The van der Waals surface area contributed by atoms with Crippen LogP contribution < -0.4 is 0 Å². The number of hydrogen-bond acceptors (Lipinski definition) is 6. The minimum Gasteiger partial charge on any atom is -0.333 e. The third kappa shape index (κ3) is 2.77. The van der Waals surface area contributed by atoms with Crippen LogP contribution in [0.5, 0.6) is 0 Å². The van der Waals surface area contributed by atoms with Gasteiger partial charge in [0.15, 0.2) is 0 Å². The molecule has 1 amide bonds. The van der Waals surface area contributed by atoms with E-state index in [0.29, 0.717) is 11.7 Å². The van der Waals surface area contributed by atoms with Crippen molar-refractivity contribution in [3.8, 4) is 5.69 Å². The predicted octanol–water partition coefficient (Wildman–Crippen LogP) is 0.756. The lowest BCUT2D eigenvalue weighted by atomic mass is 10.2. The van der Waals surface area contributed by atoms with Crippen LogP contribution in [-0.2, 0) is 0 Å². The summed E-state index contributed by atoms with van der Waals surface area (Å²) in [6.07, 6.45) is 6.73. The van der Waals surface area contributed by atoms with Gasteiger partial charge >= 0.3 is 0 Å². The minimum absolute atomic E-state index is 0.00691. The van der Waals surface area contributed by atoms with Crippen molar-refractivity contribution < 1.29 is 4.79 Å². The smallest absolute Gasteiger partial charge is 0.272 e. The number of likely N-dealkylation sites (tertiary alicyclic amines) is 2. The summed E-state index contributed by atoms with van der Waals surface area (Å²) in [5.74, 6) is 0.00691. The fourth-order valence-corrected chi connectivity index (χ4v) is 3.73. The van der Waals surface area contributed by atoms with E-state index in [1.165, 1.54) is 23.9 Å². The zero-order valence-corrected chi connectivity index (χ0v) is 13.7. The van der Waals surface area contributed by atoms with Crippen LogP contribution in [0.3, 0.4) is 0 Å². The van der Waals surface area contributed by atoms with Crippen molar-refractivity contribution in [3.63, 3.8) is 0 Å². The number of rotatable bonds is 3. The normalized spacial score (nSPS) is 24.6. The molecule has 2 atom stereocenters. The molecule has 0 aromatic carbocycles. The van der Waals surface area contributed by atoms with Gasteiger partial charge in [-0.1, -0.05) is 0 Å². The van der Waals surface area contributed by atoms with Crippen molar-refractivity contribution in [1.82, 2.24) is 35.0 Å². The highest BCUT2D eigenvalue weighted by Crippen LogP contribution is 2.26. The van der Waals surface area contributed by atoms with Crippen LogP contribution >= 0.6 is 0 Å². The van der Waals surface area contributed by atoms with Gasteiger partial charge in [-0.2, -0.15) is 4.68 Å². The highest BCUT2D eigenvalue weighted by Gasteiger charge is 2.36. The third-order valence-corrected chi connectivity index (χ3v) is 5.05. The Morgan fingerprint density at radius 3 is 2.75 bits per heavy atom. The molecule has 0 radical (unpaired) electrons. The van der Waals surface area contributed by atoms with Gasteiger partial charge in [0.1, 0.15) is 12.0 Å². The molecule has 4 heterocycles. The zero-order chi connectivity index (χ0) is 16.5. The molecule has 2 aliphatic rings. The van der Waals surface area contributed by atoms with Crippen molar-refractivity contribution in [2.45, 2.75) is 38.3 Å². The molecule has 24 heavy (non-hydrogen) atoms. The summed E-state index contributed by atoms with van der Waals surface area (Å²) in [5, 5.41) is 11.0. The Labute approximate surface area is 140 Å². The summed E-state index contributed by atoms with van der Waals surface area (Å²) >= 11 is 0. The number of carbonyl (C=O) groups excluding carboxylic acids is 1. The molecule has 2 unspecified atom stereocenters. The van der Waals surface area contributed by atoms with Crippen molar-refractivity contribution >= 4 is 5.91 Å². The number of tetrazole rings is 1. The topological polar surface area (TPSA) is 80.0 Å². The van der Waals surface area contributed by atoms with E-state index in [9.17, 15) is 4.79 Å². The molecule has 2 fully saturated rings. The van der Waals surface area contributed by atoms with Gasteiger partial charge in [-0.25, -0.2) is 4.98 Å². The molecule has 2 saturated heterocycles. The molecule has 0 N–H and O–H groups in total. The Balaban J connectivity index is 1.47. The highest BCUT2D eigenvalue weighted by atomic mass is 16.2. The van der Waals surface area contributed by atoms with Crippen LogP contribution in [0.1, 0.15) is 36.7 Å². The Hall–Kier alpha value is -2.35. The van der Waals surface area contributed by atoms with E-state index >= 15 is 0 Å². The van der Waals surface area contributed by atoms with Crippen LogP contribution in [0.25, 0.3) is 5.69 Å². The Morgan fingerprint density at radius 2 is 2.08 bits per heavy atom. The second kappa shape index (κ2) is 6.27. The molecule has 2 aromatic heterocycles. The molecule has 2 aromatic rings. The number of amides is 1. The summed E-state index contributed by atoms with van der Waals surface area (Å²) in [7, 11) is 0. The molecule has 8 heteroatoms. The molecule has 126 valence electrons. The van der Waals surface area contributed by atoms with E-state index in [1.807, 2.05) is 11.0 Å². The molecule has 0 saturated carbocycles. The first kappa shape index (κ1) is 15.2. The van der Waals surface area contributed by atoms with E-state index < -0.39 is 0 Å². The van der Waals surface area contributed by atoms with Gasteiger partial charge in [-0.3, -0.25) is 9.69 Å². The van der Waals surface area contributed by atoms with Crippen molar-refractivity contribution in [1.29, 1.82) is 0 Å². The van der Waals surface area contributed by atoms with E-state index in [2.05, 4.69) is 32.3 Å². The molecule has 0 spiro atoms. The van der Waals surface area contributed by atoms with Crippen molar-refractivity contribution in [2.24, 2.45) is 0 Å². The molecule has 4 rings (SSSR count). The average Bonchev–Trinajstić information content (AvgIpc) is 3.35. The van der Waals surface area contributed by atoms with Crippen LogP contribution in [-0.4, -0.2) is 72.6 Å². The maximum absolute atomic E-state index is 12.8. The zero-order valence-electron chi connectivity index (χ0n) is 13.7. The molecule has 0 bridgehead atoms. The number of aromatic nitrogens is 5. The molecular weight excluding hydrogens is 306 g/mol. The molecular formula is C16H21N7O. The SMILES string of the molecule is CC1CC(N2CCCC2)CN1C(=O)c1ccc(-n2cnnn2)cn1. The van der Waals surface area contributed by atoms with E-state index in [0.717, 1.165) is 31.7 Å². The van der Waals surface area contributed by atoms with Gasteiger partial charge in [0, 0.05) is 18.6 Å². The van der Waals surface area contributed by atoms with Crippen LogP contribution in [0, 0.1) is 0 Å². The molecule has 0 aliphatic carbocycles. The fraction of sp³-hybridized carbons (Fsp3) is 0.562. The van der Waals surface area contributed by atoms with Gasteiger partial charge < -0.3 is 4.90 Å². The monoisotopic (exact) mass is 327 g/mol. The van der Waals surface area contributed by atoms with Gasteiger partial charge in [0.05, 0.1) is 11.9 Å². The lowest BCUT2D eigenvalue weighted by molar-refractivity contribution is 0.0732. The number of pyridine rings is 1. The van der Waals surface area contributed by atoms with E-state index in [4.69, 9.17) is 0 Å². The van der Waals surface area contributed by atoms with Gasteiger partial charge in [0.2, 0.25) is 0 Å². The van der Waals surface area contributed by atoms with Crippen LogP contribution in [0.2, 0.25) is 0 Å². The van der Waals surface area contributed by atoms with E-state index in [-0.39, 0.29) is 11.9 Å². The summed E-state index contributed by atoms with van der Waals surface area (Å²) in [6, 6.07) is 4.31. The second-order valence-electron chi connectivity index (χ2n) is 6.60. The first-order chi connectivity index (χ1) is 11.7. The summed E-state index contributed by atoms with van der Waals surface area (Å²) in [6.45, 7) is 5.26. The Bertz CT molecular complexity index is 694. The third-order valence-electron chi connectivity index (χ3n) is 5.05. The highest BCUT2D eigenvalue weighted by molar-refractivity contribution is 5.92. The summed E-state index contributed by atoms with van der Waals surface area (Å²) in [5.41, 5.74) is 1.21. The number of nitrogens with zero attached hydrogens (tertiary/aromatic N) is 7. The van der Waals surface area contributed by atoms with Gasteiger partial charge in [0.25, 0.3) is 5.91 Å². The maximum Gasteiger partial charge on any atom is 0.272 e. The lowest BCUT2D eigenvalue weighted by Crippen LogP contribution is -2.38. The maximum atomic E-state index is 12.8.